The van der Waals surface area contributed by atoms with Gasteiger partial charge in [0.25, 0.3) is 0 Å². The van der Waals surface area contributed by atoms with Crippen LogP contribution in [0.1, 0.15) is 10.6 Å². The summed E-state index contributed by atoms with van der Waals surface area (Å²) in [7, 11) is 0. The molecule has 1 heterocycles. The lowest BCUT2D eigenvalue weighted by molar-refractivity contribution is -0.107. The molecule has 0 bridgehead atoms. The van der Waals surface area contributed by atoms with Crippen molar-refractivity contribution in [3.8, 4) is 0 Å². The number of aromatic nitrogens is 1. The third-order valence-corrected chi connectivity index (χ3v) is 2.07. The Morgan fingerprint density at radius 1 is 1.89 bits per heavy atom. The standard InChI is InChI=1S/C6H7NOS/c1-5-6(2-3-8)9-4-7-5/h3-4H,2H2,1H3. The average molecular weight is 141 g/mol. The van der Waals surface area contributed by atoms with Gasteiger partial charge in [-0.3, -0.25) is 0 Å². The highest BCUT2D eigenvalue weighted by Crippen LogP contribution is 2.10. The van der Waals surface area contributed by atoms with E-state index in [4.69, 9.17) is 0 Å². The summed E-state index contributed by atoms with van der Waals surface area (Å²) >= 11 is 1.53. The second-order valence-electron chi connectivity index (χ2n) is 1.73. The molecule has 0 spiro atoms. The smallest absolute Gasteiger partial charge is 0.125 e. The zero-order chi connectivity index (χ0) is 6.69. The van der Waals surface area contributed by atoms with Crippen LogP contribution in [-0.2, 0) is 11.2 Å². The third kappa shape index (κ3) is 1.36. The monoisotopic (exact) mass is 141 g/mol. The topological polar surface area (TPSA) is 30.0 Å². The van der Waals surface area contributed by atoms with E-state index in [0.29, 0.717) is 6.42 Å². The van der Waals surface area contributed by atoms with Crippen LogP contribution in [0.4, 0.5) is 0 Å². The van der Waals surface area contributed by atoms with Gasteiger partial charge < -0.3 is 4.79 Å². The zero-order valence-electron chi connectivity index (χ0n) is 5.13. The van der Waals surface area contributed by atoms with Gasteiger partial charge in [-0.2, -0.15) is 0 Å². The molecule has 1 aromatic rings. The Morgan fingerprint density at radius 2 is 2.67 bits per heavy atom. The van der Waals surface area contributed by atoms with Crippen LogP contribution in [0.25, 0.3) is 0 Å². The van der Waals surface area contributed by atoms with E-state index in [1.54, 1.807) is 5.51 Å². The average Bonchev–Trinajstić information content (AvgIpc) is 2.18. The van der Waals surface area contributed by atoms with Crippen molar-refractivity contribution in [1.29, 1.82) is 0 Å². The van der Waals surface area contributed by atoms with Crippen molar-refractivity contribution >= 4 is 17.6 Å². The minimum atomic E-state index is 0.510. The highest BCUT2D eigenvalue weighted by Gasteiger charge is 1.97. The molecular formula is C6H7NOS. The first-order valence-corrected chi connectivity index (χ1v) is 3.55. The number of carbonyl (C=O) groups is 1. The molecule has 0 aromatic carbocycles. The molecule has 0 saturated carbocycles. The van der Waals surface area contributed by atoms with Crippen molar-refractivity contribution in [2.75, 3.05) is 0 Å². The van der Waals surface area contributed by atoms with Crippen LogP contribution in [0.15, 0.2) is 5.51 Å². The van der Waals surface area contributed by atoms with Crippen LogP contribution < -0.4 is 0 Å². The molecule has 0 unspecified atom stereocenters. The molecular weight excluding hydrogens is 134 g/mol. The van der Waals surface area contributed by atoms with Gasteiger partial charge in [-0.05, 0) is 6.92 Å². The number of aldehydes is 1. The van der Waals surface area contributed by atoms with E-state index < -0.39 is 0 Å². The highest BCUT2D eigenvalue weighted by molar-refractivity contribution is 7.09. The summed E-state index contributed by atoms with van der Waals surface area (Å²) in [5, 5.41) is 0. The Bertz CT molecular complexity index is 207. The number of hydrogen-bond acceptors (Lipinski definition) is 3. The SMILES string of the molecule is Cc1ncsc1CC=O. The van der Waals surface area contributed by atoms with E-state index in [-0.39, 0.29) is 0 Å². The molecule has 0 atom stereocenters. The fourth-order valence-corrected chi connectivity index (χ4v) is 1.32. The maximum absolute atomic E-state index is 10.0. The van der Waals surface area contributed by atoms with E-state index in [0.717, 1.165) is 16.9 Å². The molecule has 0 radical (unpaired) electrons. The molecule has 48 valence electrons. The van der Waals surface area contributed by atoms with Crippen molar-refractivity contribution in [2.45, 2.75) is 13.3 Å². The van der Waals surface area contributed by atoms with Crippen LogP contribution in [0.3, 0.4) is 0 Å². The molecule has 3 heteroatoms. The van der Waals surface area contributed by atoms with Crippen LogP contribution in [0.2, 0.25) is 0 Å². The first kappa shape index (κ1) is 6.42. The van der Waals surface area contributed by atoms with Gasteiger partial charge in [0.1, 0.15) is 6.29 Å². The number of aryl methyl sites for hydroxylation is 1. The maximum Gasteiger partial charge on any atom is 0.125 e. The van der Waals surface area contributed by atoms with Gasteiger partial charge in [0.15, 0.2) is 0 Å². The maximum atomic E-state index is 10.0. The predicted molar refractivity (Wildman–Crippen MR) is 36.6 cm³/mol. The van der Waals surface area contributed by atoms with Crippen molar-refractivity contribution in [3.63, 3.8) is 0 Å². The fraction of sp³-hybridized carbons (Fsp3) is 0.333. The molecule has 0 aliphatic carbocycles. The van der Waals surface area contributed by atoms with E-state index in [2.05, 4.69) is 4.98 Å². The van der Waals surface area contributed by atoms with Crippen LogP contribution in [-0.4, -0.2) is 11.3 Å². The summed E-state index contributed by atoms with van der Waals surface area (Å²) in [6, 6.07) is 0. The molecule has 2 nitrogen and oxygen atoms in total. The summed E-state index contributed by atoms with van der Waals surface area (Å²) in [4.78, 5) is 15.1. The molecule has 0 amide bonds. The lowest BCUT2D eigenvalue weighted by Gasteiger charge is -1.85. The van der Waals surface area contributed by atoms with E-state index in [9.17, 15) is 4.79 Å². The molecule has 0 N–H and O–H groups in total. The predicted octanol–water partition coefficient (Wildman–Crippen LogP) is 1.19. The Balaban J connectivity index is 2.80. The van der Waals surface area contributed by atoms with Gasteiger partial charge in [0.05, 0.1) is 11.2 Å². The minimum Gasteiger partial charge on any atom is -0.303 e. The van der Waals surface area contributed by atoms with Crippen molar-refractivity contribution in [1.82, 2.24) is 4.98 Å². The van der Waals surface area contributed by atoms with Crippen LogP contribution >= 0.6 is 11.3 Å². The first-order chi connectivity index (χ1) is 4.34. The van der Waals surface area contributed by atoms with Gasteiger partial charge in [-0.1, -0.05) is 0 Å². The lowest BCUT2D eigenvalue weighted by Crippen LogP contribution is -1.83. The van der Waals surface area contributed by atoms with Gasteiger partial charge >= 0.3 is 0 Å². The molecule has 9 heavy (non-hydrogen) atoms. The Labute approximate surface area is 57.5 Å². The second kappa shape index (κ2) is 2.73. The molecule has 0 aliphatic rings. The normalized spacial score (nSPS) is 9.44. The molecule has 1 aromatic heterocycles. The van der Waals surface area contributed by atoms with Crippen molar-refractivity contribution in [2.24, 2.45) is 0 Å². The Hall–Kier alpha value is -0.700. The summed E-state index contributed by atoms with van der Waals surface area (Å²) in [6.07, 6.45) is 1.41. The van der Waals surface area contributed by atoms with Crippen LogP contribution in [0.5, 0.6) is 0 Å². The van der Waals surface area contributed by atoms with E-state index in [1.807, 2.05) is 6.92 Å². The first-order valence-electron chi connectivity index (χ1n) is 2.67. The number of carbonyl (C=O) groups excluding carboxylic acids is 1. The van der Waals surface area contributed by atoms with Gasteiger partial charge in [-0.15, -0.1) is 11.3 Å². The number of rotatable bonds is 2. The summed E-state index contributed by atoms with van der Waals surface area (Å²) in [6.45, 7) is 1.91. The number of hydrogen-bond donors (Lipinski definition) is 0. The quantitative estimate of drug-likeness (QED) is 0.579. The number of thiazole rings is 1. The molecule has 0 aliphatic heterocycles. The molecule has 0 fully saturated rings. The molecule has 1 rings (SSSR count). The second-order valence-corrected chi connectivity index (χ2v) is 2.67. The van der Waals surface area contributed by atoms with Crippen LogP contribution in [0, 0.1) is 6.92 Å². The molecule has 0 saturated heterocycles. The lowest BCUT2D eigenvalue weighted by atomic mass is 10.3. The van der Waals surface area contributed by atoms with E-state index >= 15 is 0 Å². The largest absolute Gasteiger partial charge is 0.303 e. The zero-order valence-corrected chi connectivity index (χ0v) is 5.94. The minimum absolute atomic E-state index is 0.510. The van der Waals surface area contributed by atoms with E-state index in [1.165, 1.54) is 11.3 Å². The van der Waals surface area contributed by atoms with Gasteiger partial charge in [-0.25, -0.2) is 4.98 Å². The fourth-order valence-electron chi connectivity index (χ4n) is 0.598. The van der Waals surface area contributed by atoms with Gasteiger partial charge in [0.2, 0.25) is 0 Å². The Morgan fingerprint density at radius 3 is 3.11 bits per heavy atom. The Kier molecular flexibility index (Phi) is 1.95. The highest BCUT2D eigenvalue weighted by atomic mass is 32.1. The van der Waals surface area contributed by atoms with Gasteiger partial charge in [0, 0.05) is 11.3 Å². The number of nitrogens with zero attached hydrogens (tertiary/aromatic N) is 1. The summed E-state index contributed by atoms with van der Waals surface area (Å²) in [5.74, 6) is 0. The summed E-state index contributed by atoms with van der Waals surface area (Å²) < 4.78 is 0. The van der Waals surface area contributed by atoms with Crippen molar-refractivity contribution in [3.05, 3.63) is 16.1 Å². The third-order valence-electron chi connectivity index (χ3n) is 1.11. The van der Waals surface area contributed by atoms with Crippen molar-refractivity contribution < 1.29 is 4.79 Å². The summed E-state index contributed by atoms with van der Waals surface area (Å²) in [5.41, 5.74) is 2.74.